The van der Waals surface area contributed by atoms with Gasteiger partial charge in [-0.25, -0.2) is 0 Å². The third-order valence-electron chi connectivity index (χ3n) is 2.58. The number of rotatable bonds is 7. The fourth-order valence-electron chi connectivity index (χ4n) is 1.65. The molecule has 0 rings (SSSR count). The number of hydrogen-bond donors (Lipinski definition) is 1. The molecule has 0 saturated carbocycles. The molecule has 0 radical (unpaired) electrons. The van der Waals surface area contributed by atoms with Crippen LogP contribution in [0.25, 0.3) is 0 Å². The molecule has 16 heavy (non-hydrogen) atoms. The lowest BCUT2D eigenvalue weighted by Crippen LogP contribution is -2.46. The molecule has 0 spiro atoms. The van der Waals surface area contributed by atoms with Crippen LogP contribution in [0.1, 0.15) is 41.5 Å². The third-order valence-corrected chi connectivity index (χ3v) is 2.58. The number of nitrogens with zero attached hydrogens (tertiary/aromatic N) is 1. The van der Waals surface area contributed by atoms with E-state index in [4.69, 9.17) is 0 Å². The summed E-state index contributed by atoms with van der Waals surface area (Å²) in [5.74, 6) is 0. The Balaban J connectivity index is 4.15. The Hall–Kier alpha value is -0.340. The molecule has 0 aromatic carbocycles. The van der Waals surface area contributed by atoms with Crippen molar-refractivity contribution in [3.05, 3.63) is 12.7 Å². The Morgan fingerprint density at radius 1 is 1.19 bits per heavy atom. The molecular formula is C14H30N2. The largest absolute Gasteiger partial charge is 0.311 e. The van der Waals surface area contributed by atoms with E-state index < -0.39 is 0 Å². The van der Waals surface area contributed by atoms with Gasteiger partial charge in [-0.05, 0) is 32.7 Å². The van der Waals surface area contributed by atoms with E-state index in [-0.39, 0.29) is 5.54 Å². The van der Waals surface area contributed by atoms with Crippen LogP contribution in [0.5, 0.6) is 0 Å². The lowest BCUT2D eigenvalue weighted by atomic mass is 9.91. The molecule has 0 saturated heterocycles. The van der Waals surface area contributed by atoms with Gasteiger partial charge in [0.15, 0.2) is 0 Å². The van der Waals surface area contributed by atoms with Crippen LogP contribution in [0.4, 0.5) is 0 Å². The zero-order valence-electron chi connectivity index (χ0n) is 12.1. The average Bonchev–Trinajstić information content (AvgIpc) is 2.13. The summed E-state index contributed by atoms with van der Waals surface area (Å²) < 4.78 is 0. The smallest absolute Gasteiger partial charge is 0.0160 e. The summed E-state index contributed by atoms with van der Waals surface area (Å²) in [7, 11) is 0. The van der Waals surface area contributed by atoms with Crippen molar-refractivity contribution in [1.29, 1.82) is 0 Å². The Labute approximate surface area is 102 Å². The summed E-state index contributed by atoms with van der Waals surface area (Å²) in [4.78, 5) is 2.43. The lowest BCUT2D eigenvalue weighted by Gasteiger charge is -2.34. The monoisotopic (exact) mass is 226 g/mol. The molecule has 0 aliphatic rings. The third kappa shape index (κ3) is 7.89. The van der Waals surface area contributed by atoms with Gasteiger partial charge in [0.25, 0.3) is 0 Å². The first kappa shape index (κ1) is 15.7. The van der Waals surface area contributed by atoms with Gasteiger partial charge < -0.3 is 5.32 Å². The van der Waals surface area contributed by atoms with Crippen molar-refractivity contribution in [3.8, 4) is 0 Å². The molecule has 0 aliphatic carbocycles. The fraction of sp³-hybridized carbons (Fsp3) is 0.857. The summed E-state index contributed by atoms with van der Waals surface area (Å²) >= 11 is 0. The molecule has 96 valence electrons. The SMILES string of the molecule is C=CCN(CC)CC(C)(C)CNC(C)(C)C. The van der Waals surface area contributed by atoms with Crippen molar-refractivity contribution in [3.63, 3.8) is 0 Å². The molecule has 0 amide bonds. The molecule has 0 atom stereocenters. The van der Waals surface area contributed by atoms with Gasteiger partial charge in [-0.3, -0.25) is 4.90 Å². The Bertz CT molecular complexity index is 201. The maximum Gasteiger partial charge on any atom is 0.0160 e. The molecule has 0 aliphatic heterocycles. The summed E-state index contributed by atoms with van der Waals surface area (Å²) in [6.07, 6.45) is 1.98. The highest BCUT2D eigenvalue weighted by Crippen LogP contribution is 2.17. The molecule has 0 aromatic rings. The van der Waals surface area contributed by atoms with Gasteiger partial charge in [0.1, 0.15) is 0 Å². The van der Waals surface area contributed by atoms with Crippen molar-refractivity contribution < 1.29 is 0 Å². The second-order valence-corrected chi connectivity index (χ2v) is 6.38. The minimum Gasteiger partial charge on any atom is -0.311 e. The van der Waals surface area contributed by atoms with Crippen LogP contribution in [0, 0.1) is 5.41 Å². The summed E-state index contributed by atoms with van der Waals surface area (Å²) in [5.41, 5.74) is 0.499. The van der Waals surface area contributed by atoms with Gasteiger partial charge in [0.2, 0.25) is 0 Å². The topological polar surface area (TPSA) is 15.3 Å². The first-order chi connectivity index (χ1) is 7.20. The van der Waals surface area contributed by atoms with E-state index in [9.17, 15) is 0 Å². The van der Waals surface area contributed by atoms with Crippen molar-refractivity contribution in [2.45, 2.75) is 47.1 Å². The molecule has 0 heterocycles. The predicted octanol–water partition coefficient (Wildman–Crippen LogP) is 2.91. The van der Waals surface area contributed by atoms with Crippen LogP contribution in [0.15, 0.2) is 12.7 Å². The van der Waals surface area contributed by atoms with Crippen LogP contribution >= 0.6 is 0 Å². The molecule has 0 fully saturated rings. The number of nitrogens with one attached hydrogen (secondary N) is 1. The summed E-state index contributed by atoms with van der Waals surface area (Å²) in [6, 6.07) is 0. The highest BCUT2D eigenvalue weighted by Gasteiger charge is 2.22. The standard InChI is InChI=1S/C14H30N2/c1-8-10-16(9-2)12-14(6,7)11-15-13(3,4)5/h8,15H,1,9-12H2,2-7H3. The second kappa shape index (κ2) is 6.41. The van der Waals surface area contributed by atoms with Crippen molar-refractivity contribution in [1.82, 2.24) is 10.2 Å². The lowest BCUT2D eigenvalue weighted by molar-refractivity contribution is 0.183. The minimum atomic E-state index is 0.201. The van der Waals surface area contributed by atoms with Gasteiger partial charge >= 0.3 is 0 Å². The maximum absolute atomic E-state index is 3.81. The van der Waals surface area contributed by atoms with Crippen LogP contribution < -0.4 is 5.32 Å². The van der Waals surface area contributed by atoms with Gasteiger partial charge in [0.05, 0.1) is 0 Å². The maximum atomic E-state index is 3.81. The highest BCUT2D eigenvalue weighted by atomic mass is 15.1. The fourth-order valence-corrected chi connectivity index (χ4v) is 1.65. The van der Waals surface area contributed by atoms with Gasteiger partial charge in [0, 0.05) is 25.2 Å². The predicted molar refractivity (Wildman–Crippen MR) is 73.8 cm³/mol. The quantitative estimate of drug-likeness (QED) is 0.672. The zero-order chi connectivity index (χ0) is 12.8. The van der Waals surface area contributed by atoms with E-state index >= 15 is 0 Å². The normalized spacial score (nSPS) is 13.2. The zero-order valence-corrected chi connectivity index (χ0v) is 12.1. The summed E-state index contributed by atoms with van der Waals surface area (Å²) in [5, 5.41) is 3.58. The molecule has 0 aromatic heterocycles. The minimum absolute atomic E-state index is 0.201. The van der Waals surface area contributed by atoms with E-state index in [1.54, 1.807) is 0 Å². The van der Waals surface area contributed by atoms with Crippen molar-refractivity contribution in [2.24, 2.45) is 5.41 Å². The van der Waals surface area contributed by atoms with E-state index in [1.807, 2.05) is 6.08 Å². The molecular weight excluding hydrogens is 196 g/mol. The van der Waals surface area contributed by atoms with E-state index in [0.717, 1.165) is 26.2 Å². The van der Waals surface area contributed by atoms with Crippen LogP contribution in [0.3, 0.4) is 0 Å². The number of hydrogen-bond acceptors (Lipinski definition) is 2. The van der Waals surface area contributed by atoms with Crippen molar-refractivity contribution in [2.75, 3.05) is 26.2 Å². The number of likely N-dealkylation sites (N-methyl/N-ethyl adjacent to an activating group) is 1. The van der Waals surface area contributed by atoms with Gasteiger partial charge in [-0.2, -0.15) is 0 Å². The van der Waals surface area contributed by atoms with E-state index in [0.29, 0.717) is 5.41 Å². The first-order valence-corrected chi connectivity index (χ1v) is 6.28. The molecule has 1 N–H and O–H groups in total. The van der Waals surface area contributed by atoms with E-state index in [2.05, 4.69) is 58.3 Å². The second-order valence-electron chi connectivity index (χ2n) is 6.38. The van der Waals surface area contributed by atoms with Gasteiger partial charge in [-0.1, -0.05) is 26.8 Å². The first-order valence-electron chi connectivity index (χ1n) is 6.28. The molecule has 0 bridgehead atoms. The van der Waals surface area contributed by atoms with Crippen molar-refractivity contribution >= 4 is 0 Å². The molecule has 0 unspecified atom stereocenters. The molecule has 2 heteroatoms. The van der Waals surface area contributed by atoms with Crippen LogP contribution in [0.2, 0.25) is 0 Å². The van der Waals surface area contributed by atoms with Crippen LogP contribution in [-0.4, -0.2) is 36.6 Å². The Morgan fingerprint density at radius 2 is 1.75 bits per heavy atom. The Kier molecular flexibility index (Phi) is 6.27. The van der Waals surface area contributed by atoms with E-state index in [1.165, 1.54) is 0 Å². The summed E-state index contributed by atoms with van der Waals surface area (Å²) in [6.45, 7) is 21.5. The van der Waals surface area contributed by atoms with Crippen LogP contribution in [-0.2, 0) is 0 Å². The van der Waals surface area contributed by atoms with Gasteiger partial charge in [-0.15, -0.1) is 6.58 Å². The average molecular weight is 226 g/mol. The highest BCUT2D eigenvalue weighted by molar-refractivity contribution is 4.82. The molecule has 2 nitrogen and oxygen atoms in total. The Morgan fingerprint density at radius 3 is 2.12 bits per heavy atom.